The molecule has 0 radical (unpaired) electrons. The van der Waals surface area contributed by atoms with Crippen molar-refractivity contribution in [2.45, 2.75) is 25.8 Å². The first-order valence-corrected chi connectivity index (χ1v) is 8.47. The van der Waals surface area contributed by atoms with Crippen LogP contribution in [0, 0.1) is 5.41 Å². The number of likely N-dealkylation sites (tertiary alicyclic amines) is 1. The SMILES string of the molecule is O=C1N(Cc2cccnc2)CC[C@]12CCCN(c1ncccn1)C2. The summed E-state index contributed by atoms with van der Waals surface area (Å²) in [5.41, 5.74) is 0.807. The van der Waals surface area contributed by atoms with Gasteiger partial charge in [-0.2, -0.15) is 0 Å². The minimum Gasteiger partial charge on any atom is -0.340 e. The van der Waals surface area contributed by atoms with Crippen LogP contribution in [0.1, 0.15) is 24.8 Å². The predicted molar refractivity (Wildman–Crippen MR) is 90.2 cm³/mol. The van der Waals surface area contributed by atoms with E-state index < -0.39 is 0 Å². The Bertz CT molecular complexity index is 708. The van der Waals surface area contributed by atoms with Crippen molar-refractivity contribution in [1.82, 2.24) is 19.9 Å². The van der Waals surface area contributed by atoms with Gasteiger partial charge in [-0.1, -0.05) is 6.07 Å². The van der Waals surface area contributed by atoms with Crippen LogP contribution in [0.4, 0.5) is 5.95 Å². The van der Waals surface area contributed by atoms with E-state index in [9.17, 15) is 4.79 Å². The molecule has 4 heterocycles. The number of aromatic nitrogens is 3. The van der Waals surface area contributed by atoms with Crippen LogP contribution in [0.15, 0.2) is 43.0 Å². The third-order valence-electron chi connectivity index (χ3n) is 5.11. The number of nitrogens with zero attached hydrogens (tertiary/aromatic N) is 5. The Morgan fingerprint density at radius 3 is 2.75 bits per heavy atom. The average molecular weight is 323 g/mol. The number of amides is 1. The highest BCUT2D eigenvalue weighted by Gasteiger charge is 2.49. The number of hydrogen-bond acceptors (Lipinski definition) is 5. The van der Waals surface area contributed by atoms with Crippen molar-refractivity contribution in [3.8, 4) is 0 Å². The van der Waals surface area contributed by atoms with Gasteiger partial charge in [-0.05, 0) is 37.0 Å². The van der Waals surface area contributed by atoms with Gasteiger partial charge in [0, 0.05) is 51.0 Å². The lowest BCUT2D eigenvalue weighted by atomic mass is 9.78. The first kappa shape index (κ1) is 15.1. The van der Waals surface area contributed by atoms with Gasteiger partial charge in [0.25, 0.3) is 0 Å². The molecule has 0 unspecified atom stereocenters. The molecule has 6 nitrogen and oxygen atoms in total. The van der Waals surface area contributed by atoms with Crippen molar-refractivity contribution < 1.29 is 4.79 Å². The second-order valence-corrected chi connectivity index (χ2v) is 6.69. The maximum absolute atomic E-state index is 13.1. The molecule has 0 saturated carbocycles. The van der Waals surface area contributed by atoms with Crippen LogP contribution in [0.3, 0.4) is 0 Å². The first-order chi connectivity index (χ1) is 11.8. The first-order valence-electron chi connectivity index (χ1n) is 8.47. The second kappa shape index (κ2) is 6.19. The van der Waals surface area contributed by atoms with Gasteiger partial charge in [0.2, 0.25) is 11.9 Å². The third-order valence-corrected chi connectivity index (χ3v) is 5.11. The maximum Gasteiger partial charge on any atom is 0.230 e. The van der Waals surface area contributed by atoms with Crippen LogP contribution in [-0.4, -0.2) is 45.4 Å². The number of piperidine rings is 1. The lowest BCUT2D eigenvalue weighted by Crippen LogP contribution is -2.48. The predicted octanol–water partition coefficient (Wildman–Crippen LogP) is 1.89. The molecule has 0 bridgehead atoms. The van der Waals surface area contributed by atoms with E-state index in [0.29, 0.717) is 6.54 Å². The van der Waals surface area contributed by atoms with Gasteiger partial charge < -0.3 is 9.80 Å². The van der Waals surface area contributed by atoms with Crippen molar-refractivity contribution in [3.05, 3.63) is 48.5 Å². The van der Waals surface area contributed by atoms with E-state index in [-0.39, 0.29) is 11.3 Å². The van der Waals surface area contributed by atoms with Gasteiger partial charge in [-0.3, -0.25) is 9.78 Å². The van der Waals surface area contributed by atoms with E-state index in [0.717, 1.165) is 50.4 Å². The molecule has 2 saturated heterocycles. The van der Waals surface area contributed by atoms with Gasteiger partial charge >= 0.3 is 0 Å². The normalized spacial score (nSPS) is 23.9. The van der Waals surface area contributed by atoms with Gasteiger partial charge in [-0.15, -0.1) is 0 Å². The fourth-order valence-corrected chi connectivity index (χ4v) is 3.89. The third kappa shape index (κ3) is 2.72. The van der Waals surface area contributed by atoms with E-state index in [4.69, 9.17) is 0 Å². The largest absolute Gasteiger partial charge is 0.340 e. The summed E-state index contributed by atoms with van der Waals surface area (Å²) in [6.45, 7) is 3.11. The zero-order valence-corrected chi connectivity index (χ0v) is 13.6. The summed E-state index contributed by atoms with van der Waals surface area (Å²) in [5.74, 6) is 1.00. The molecule has 124 valence electrons. The minimum absolute atomic E-state index is 0.270. The van der Waals surface area contributed by atoms with E-state index >= 15 is 0 Å². The summed E-state index contributed by atoms with van der Waals surface area (Å²) in [4.78, 5) is 30.1. The second-order valence-electron chi connectivity index (χ2n) is 6.69. The molecule has 2 fully saturated rings. The Morgan fingerprint density at radius 2 is 1.96 bits per heavy atom. The van der Waals surface area contributed by atoms with E-state index in [2.05, 4.69) is 19.9 Å². The summed E-state index contributed by atoms with van der Waals surface area (Å²) in [6.07, 6.45) is 9.99. The topological polar surface area (TPSA) is 62.2 Å². The van der Waals surface area contributed by atoms with E-state index in [1.54, 1.807) is 18.6 Å². The van der Waals surface area contributed by atoms with Crippen LogP contribution in [0.2, 0.25) is 0 Å². The molecular weight excluding hydrogens is 302 g/mol. The lowest BCUT2D eigenvalue weighted by Gasteiger charge is -2.39. The highest BCUT2D eigenvalue weighted by Crippen LogP contribution is 2.41. The summed E-state index contributed by atoms with van der Waals surface area (Å²) < 4.78 is 0. The number of carbonyl (C=O) groups excluding carboxylic acids is 1. The van der Waals surface area contributed by atoms with Crippen LogP contribution in [-0.2, 0) is 11.3 Å². The van der Waals surface area contributed by atoms with Gasteiger partial charge in [0.15, 0.2) is 0 Å². The molecule has 0 N–H and O–H groups in total. The molecule has 2 aromatic rings. The Morgan fingerprint density at radius 1 is 1.08 bits per heavy atom. The van der Waals surface area contributed by atoms with Gasteiger partial charge in [0.05, 0.1) is 5.41 Å². The molecule has 4 rings (SSSR count). The Balaban J connectivity index is 1.50. The smallest absolute Gasteiger partial charge is 0.230 e. The van der Waals surface area contributed by atoms with Crippen molar-refractivity contribution in [3.63, 3.8) is 0 Å². The standard InChI is InChI=1S/C18H21N5O/c24-16-18(6-11-22(16)13-15-4-1-7-19-12-15)5-2-10-23(14-18)17-20-8-3-9-21-17/h1,3-4,7-9,12H,2,5-6,10-11,13-14H2/t18-/m0/s1. The Kier molecular flexibility index (Phi) is 3.88. The van der Waals surface area contributed by atoms with Crippen LogP contribution >= 0.6 is 0 Å². The molecule has 24 heavy (non-hydrogen) atoms. The maximum atomic E-state index is 13.1. The van der Waals surface area contributed by atoms with E-state index in [1.165, 1.54) is 0 Å². The van der Waals surface area contributed by atoms with Crippen LogP contribution in [0.25, 0.3) is 0 Å². The Labute approximate surface area is 141 Å². The quantitative estimate of drug-likeness (QED) is 0.863. The zero-order valence-electron chi connectivity index (χ0n) is 13.6. The molecule has 1 atom stereocenters. The van der Waals surface area contributed by atoms with Crippen LogP contribution < -0.4 is 4.90 Å². The van der Waals surface area contributed by atoms with Crippen LogP contribution in [0.5, 0.6) is 0 Å². The number of rotatable bonds is 3. The van der Waals surface area contributed by atoms with Crippen molar-refractivity contribution in [1.29, 1.82) is 0 Å². The molecule has 1 spiro atoms. The molecular formula is C18H21N5O. The number of carbonyl (C=O) groups is 1. The van der Waals surface area contributed by atoms with Crippen molar-refractivity contribution in [2.24, 2.45) is 5.41 Å². The fraction of sp³-hybridized carbons (Fsp3) is 0.444. The molecule has 0 aliphatic carbocycles. The zero-order chi connectivity index (χ0) is 16.4. The van der Waals surface area contributed by atoms with Crippen molar-refractivity contribution in [2.75, 3.05) is 24.5 Å². The Hall–Kier alpha value is -2.50. The minimum atomic E-state index is -0.278. The molecule has 1 amide bonds. The summed E-state index contributed by atoms with van der Waals surface area (Å²) in [7, 11) is 0. The lowest BCUT2D eigenvalue weighted by molar-refractivity contribution is -0.137. The summed E-state index contributed by atoms with van der Waals surface area (Å²) in [5, 5.41) is 0. The number of anilines is 1. The fourth-order valence-electron chi connectivity index (χ4n) is 3.89. The van der Waals surface area contributed by atoms with Gasteiger partial charge in [-0.25, -0.2) is 9.97 Å². The number of pyridine rings is 1. The van der Waals surface area contributed by atoms with Gasteiger partial charge in [0.1, 0.15) is 0 Å². The number of hydrogen-bond donors (Lipinski definition) is 0. The molecule has 2 aromatic heterocycles. The monoisotopic (exact) mass is 323 g/mol. The summed E-state index contributed by atoms with van der Waals surface area (Å²) >= 11 is 0. The summed E-state index contributed by atoms with van der Waals surface area (Å²) in [6, 6.07) is 5.76. The highest BCUT2D eigenvalue weighted by atomic mass is 16.2. The average Bonchev–Trinajstić information content (AvgIpc) is 2.93. The highest BCUT2D eigenvalue weighted by molar-refractivity contribution is 5.85. The molecule has 6 heteroatoms. The molecule has 2 aliphatic heterocycles. The van der Waals surface area contributed by atoms with E-state index in [1.807, 2.05) is 29.3 Å². The molecule has 0 aromatic carbocycles. The molecule has 2 aliphatic rings. The van der Waals surface area contributed by atoms with Crippen molar-refractivity contribution >= 4 is 11.9 Å².